The molecule has 0 unspecified atom stereocenters. The lowest BCUT2D eigenvalue weighted by molar-refractivity contribution is 0.656. The van der Waals surface area contributed by atoms with Gasteiger partial charge in [0, 0.05) is 71.3 Å². The highest BCUT2D eigenvalue weighted by Crippen LogP contribution is 2.44. The van der Waals surface area contributed by atoms with Gasteiger partial charge in [-0.3, -0.25) is 0 Å². The van der Waals surface area contributed by atoms with Crippen LogP contribution in [0.25, 0.3) is 143 Å². The molecule has 0 aliphatic carbocycles. The van der Waals surface area contributed by atoms with Crippen molar-refractivity contribution < 1.29 is 17.7 Å². The Labute approximate surface area is 338 Å². The van der Waals surface area contributed by atoms with Gasteiger partial charge in [0.2, 0.25) is 0 Å². The third kappa shape index (κ3) is 3.83. The molecule has 0 aliphatic heterocycles. The normalized spacial score (nSPS) is 12.7. The lowest BCUT2D eigenvalue weighted by atomic mass is 10.1. The molecule has 6 aromatic heterocycles. The van der Waals surface area contributed by atoms with E-state index >= 15 is 0 Å². The van der Waals surface area contributed by atoms with Crippen LogP contribution in [0.4, 0.5) is 0 Å². The number of hydrogen-bond donors (Lipinski definition) is 0. The van der Waals surface area contributed by atoms with Crippen LogP contribution in [0.3, 0.4) is 0 Å². The van der Waals surface area contributed by atoms with Crippen molar-refractivity contribution in [1.29, 1.82) is 0 Å². The zero-order chi connectivity index (χ0) is 38.8. The predicted molar refractivity (Wildman–Crippen MR) is 244 cm³/mol. The Morgan fingerprint density at radius 2 is 0.667 bits per heavy atom. The van der Waals surface area contributed by atoms with Gasteiger partial charge in [-0.15, -0.1) is 0 Å². The number of nitrogens with zero attached hydrogens (tertiary/aromatic N) is 2. The van der Waals surface area contributed by atoms with E-state index in [1.54, 1.807) is 0 Å². The molecule has 6 heterocycles. The average molecular weight is 769 g/mol. The smallest absolute Gasteiger partial charge is 0.145 e. The molecular weight excluding hydrogens is 741 g/mol. The first-order valence-electron chi connectivity index (χ1n) is 20.2. The van der Waals surface area contributed by atoms with E-state index in [0.717, 1.165) is 143 Å². The maximum absolute atomic E-state index is 6.57. The summed E-state index contributed by atoms with van der Waals surface area (Å²) in [6, 6.07) is 59.9. The number of furan rings is 4. The van der Waals surface area contributed by atoms with E-state index in [1.165, 1.54) is 0 Å². The van der Waals surface area contributed by atoms with Crippen LogP contribution in [0.2, 0.25) is 0 Å². The second kappa shape index (κ2) is 10.8. The molecule has 0 bridgehead atoms. The molecule has 6 nitrogen and oxygen atoms in total. The van der Waals surface area contributed by atoms with E-state index < -0.39 is 0 Å². The second-order valence-electron chi connectivity index (χ2n) is 16.0. The number of benzene rings is 9. The molecule has 15 rings (SSSR count). The Morgan fingerprint density at radius 1 is 0.250 bits per heavy atom. The summed E-state index contributed by atoms with van der Waals surface area (Å²) >= 11 is 0. The summed E-state index contributed by atoms with van der Waals surface area (Å²) < 4.78 is 30.9. The third-order valence-corrected chi connectivity index (χ3v) is 12.9. The Morgan fingerprint density at radius 3 is 1.17 bits per heavy atom. The number of hydrogen-bond acceptors (Lipinski definition) is 4. The zero-order valence-corrected chi connectivity index (χ0v) is 31.7. The van der Waals surface area contributed by atoms with Gasteiger partial charge in [-0.1, -0.05) is 72.8 Å². The van der Waals surface area contributed by atoms with Gasteiger partial charge in [0.05, 0.1) is 32.8 Å². The Hall–Kier alpha value is -8.22. The van der Waals surface area contributed by atoms with Crippen LogP contribution in [-0.2, 0) is 0 Å². The minimum absolute atomic E-state index is 0.789. The highest BCUT2D eigenvalue weighted by Gasteiger charge is 2.22. The Balaban J connectivity index is 0.945. The van der Waals surface area contributed by atoms with Crippen molar-refractivity contribution in [2.45, 2.75) is 0 Å². The van der Waals surface area contributed by atoms with E-state index in [0.29, 0.717) is 0 Å². The van der Waals surface area contributed by atoms with Crippen molar-refractivity contribution in [2.75, 3.05) is 0 Å². The fourth-order valence-electron chi connectivity index (χ4n) is 10.3. The highest BCUT2D eigenvalue weighted by atomic mass is 16.3. The van der Waals surface area contributed by atoms with Gasteiger partial charge in [0.1, 0.15) is 44.7 Å². The van der Waals surface area contributed by atoms with Gasteiger partial charge in [0.15, 0.2) is 0 Å². The van der Waals surface area contributed by atoms with Gasteiger partial charge in [-0.25, -0.2) is 0 Å². The molecule has 0 saturated carbocycles. The van der Waals surface area contributed by atoms with Gasteiger partial charge in [-0.05, 0) is 91.0 Å². The SMILES string of the molecule is c1ccc2c(c1)oc1c2ccc2c1c1ccccc1n2-c1ccc2oc3cc4oc5ccc(-n6c7ccccc7c7c8oc9ccccc9c8ccc76)cc5c4cc3c2c1. The fourth-order valence-corrected chi connectivity index (χ4v) is 10.3. The predicted octanol–water partition coefficient (Wildman–Crippen LogP) is 15.5. The van der Waals surface area contributed by atoms with Crippen molar-refractivity contribution in [2.24, 2.45) is 0 Å². The highest BCUT2D eigenvalue weighted by molar-refractivity contribution is 6.25. The second-order valence-corrected chi connectivity index (χ2v) is 16.0. The van der Waals surface area contributed by atoms with Crippen molar-refractivity contribution in [3.8, 4) is 11.4 Å². The van der Waals surface area contributed by atoms with Crippen LogP contribution in [0, 0.1) is 0 Å². The molecule has 0 radical (unpaired) electrons. The minimum atomic E-state index is 0.789. The molecule has 6 heteroatoms. The maximum atomic E-state index is 6.57. The fraction of sp³-hybridized carbons (Fsp3) is 0. The number of para-hydroxylation sites is 4. The molecule has 9 aromatic carbocycles. The number of aromatic nitrogens is 2. The van der Waals surface area contributed by atoms with Crippen molar-refractivity contribution >= 4 is 131 Å². The van der Waals surface area contributed by atoms with E-state index in [9.17, 15) is 0 Å². The molecule has 0 N–H and O–H groups in total. The number of fused-ring (bicyclic) bond motifs is 20. The first-order chi connectivity index (χ1) is 29.7. The van der Waals surface area contributed by atoms with Gasteiger partial charge < -0.3 is 26.8 Å². The summed E-state index contributed by atoms with van der Waals surface area (Å²) in [5, 5.41) is 13.2. The Kier molecular flexibility index (Phi) is 5.57. The van der Waals surface area contributed by atoms with E-state index in [-0.39, 0.29) is 0 Å². The van der Waals surface area contributed by atoms with E-state index in [2.05, 4.69) is 149 Å². The zero-order valence-electron chi connectivity index (χ0n) is 31.7. The molecule has 0 fully saturated rings. The standard InChI is InChI=1S/C54H28N2O4/c1-5-13-41-35(11-1)51-43(21-19-33-31-9-3-7-15-45(31)59-53(33)51)55(41)29-17-23-47-37(25-29)39-27-40-38-26-30(18-24-48(38)58-50(40)28-49(39)57-47)56-42-14-6-2-12-36(42)52-44(56)22-20-34-32-10-4-8-16-46(32)60-54(34)52/h1-28H. The third-order valence-electron chi connectivity index (χ3n) is 12.9. The minimum Gasteiger partial charge on any atom is -0.456 e. The summed E-state index contributed by atoms with van der Waals surface area (Å²) in [5.74, 6) is 0. The van der Waals surface area contributed by atoms with Gasteiger partial charge >= 0.3 is 0 Å². The maximum Gasteiger partial charge on any atom is 0.145 e. The topological polar surface area (TPSA) is 62.4 Å². The molecular formula is C54H28N2O4. The largest absolute Gasteiger partial charge is 0.456 e. The van der Waals surface area contributed by atoms with Crippen LogP contribution in [0.15, 0.2) is 188 Å². The molecule has 0 amide bonds. The van der Waals surface area contributed by atoms with Crippen LogP contribution < -0.4 is 0 Å². The van der Waals surface area contributed by atoms with Crippen LogP contribution in [0.5, 0.6) is 0 Å². The molecule has 15 aromatic rings. The monoisotopic (exact) mass is 768 g/mol. The molecule has 0 saturated heterocycles. The van der Waals surface area contributed by atoms with E-state index in [1.807, 2.05) is 30.3 Å². The summed E-state index contributed by atoms with van der Waals surface area (Å²) in [7, 11) is 0. The number of rotatable bonds is 2. The van der Waals surface area contributed by atoms with Crippen molar-refractivity contribution in [3.63, 3.8) is 0 Å². The van der Waals surface area contributed by atoms with Gasteiger partial charge in [0.25, 0.3) is 0 Å². The van der Waals surface area contributed by atoms with Crippen molar-refractivity contribution in [3.05, 3.63) is 170 Å². The molecule has 0 aliphatic rings. The van der Waals surface area contributed by atoms with Crippen LogP contribution >= 0.6 is 0 Å². The lowest BCUT2D eigenvalue weighted by Crippen LogP contribution is -1.93. The van der Waals surface area contributed by atoms with Crippen LogP contribution in [-0.4, -0.2) is 9.13 Å². The van der Waals surface area contributed by atoms with Crippen molar-refractivity contribution in [1.82, 2.24) is 9.13 Å². The average Bonchev–Trinajstić information content (AvgIpc) is 4.13. The molecule has 60 heavy (non-hydrogen) atoms. The summed E-state index contributed by atoms with van der Waals surface area (Å²) in [5.41, 5.74) is 13.4. The summed E-state index contributed by atoms with van der Waals surface area (Å²) in [6.07, 6.45) is 0. The molecule has 278 valence electrons. The molecule has 0 atom stereocenters. The summed E-state index contributed by atoms with van der Waals surface area (Å²) in [4.78, 5) is 0. The lowest BCUT2D eigenvalue weighted by Gasteiger charge is -2.08. The van der Waals surface area contributed by atoms with E-state index in [4.69, 9.17) is 17.7 Å². The quantitative estimate of drug-likeness (QED) is 0.176. The molecule has 0 spiro atoms. The first kappa shape index (κ1) is 30.9. The first-order valence-corrected chi connectivity index (χ1v) is 20.2. The van der Waals surface area contributed by atoms with Crippen LogP contribution in [0.1, 0.15) is 0 Å². The van der Waals surface area contributed by atoms with Gasteiger partial charge in [-0.2, -0.15) is 0 Å². The summed E-state index contributed by atoms with van der Waals surface area (Å²) in [6.45, 7) is 0. The Bertz CT molecular complexity index is 4090.